The number of rotatable bonds is 8. The van der Waals surface area contributed by atoms with E-state index < -0.39 is 5.54 Å². The number of hydrogen-bond donors (Lipinski definition) is 4. The van der Waals surface area contributed by atoms with Crippen molar-refractivity contribution in [3.8, 4) is 16.9 Å². The number of carbonyl (C=O) groups excluding carboxylic acids is 1. The number of benzene rings is 3. The zero-order chi connectivity index (χ0) is 26.9. The smallest absolute Gasteiger partial charge is 0.251 e. The Balaban J connectivity index is 1.43. The number of aryl methyl sites for hydroxylation is 2. The van der Waals surface area contributed by atoms with Crippen LogP contribution in [-0.2, 0) is 19.4 Å². The zero-order valence-electron chi connectivity index (χ0n) is 22.7. The lowest BCUT2D eigenvalue weighted by Gasteiger charge is -2.37. The van der Waals surface area contributed by atoms with E-state index in [1.807, 2.05) is 39.0 Å². The SMILES string of the molecule is CNC(=O)c1ccc(-c2ccc(OC(C)C)c(CNC3(CO)CCc4[nH]c5ccccc5c4C3)c2)cc1C. The van der Waals surface area contributed by atoms with E-state index in [1.165, 1.54) is 16.6 Å². The van der Waals surface area contributed by atoms with Crippen LogP contribution in [0, 0.1) is 6.92 Å². The predicted octanol–water partition coefficient (Wildman–Crippen LogP) is 5.30. The molecule has 0 radical (unpaired) electrons. The van der Waals surface area contributed by atoms with Gasteiger partial charge in [-0.05, 0) is 86.6 Å². The quantitative estimate of drug-likeness (QED) is 0.259. The van der Waals surface area contributed by atoms with E-state index >= 15 is 0 Å². The molecule has 0 fully saturated rings. The van der Waals surface area contributed by atoms with Crippen molar-refractivity contribution in [1.29, 1.82) is 0 Å². The van der Waals surface area contributed by atoms with Crippen molar-refractivity contribution >= 4 is 16.8 Å². The number of ether oxygens (including phenoxy) is 1. The summed E-state index contributed by atoms with van der Waals surface area (Å²) in [5, 5.41) is 18.3. The molecule has 1 aliphatic rings. The van der Waals surface area contributed by atoms with Gasteiger partial charge in [0, 0.05) is 46.9 Å². The van der Waals surface area contributed by atoms with E-state index in [9.17, 15) is 9.90 Å². The molecule has 1 aliphatic carbocycles. The maximum Gasteiger partial charge on any atom is 0.251 e. The normalized spacial score (nSPS) is 17.0. The minimum Gasteiger partial charge on any atom is -0.491 e. The van der Waals surface area contributed by atoms with Gasteiger partial charge in [0.05, 0.1) is 12.7 Å². The van der Waals surface area contributed by atoms with E-state index in [2.05, 4.69) is 58.1 Å². The molecule has 6 heteroatoms. The fourth-order valence-electron chi connectivity index (χ4n) is 5.59. The lowest BCUT2D eigenvalue weighted by Crippen LogP contribution is -2.52. The lowest BCUT2D eigenvalue weighted by atomic mass is 9.80. The van der Waals surface area contributed by atoms with E-state index in [0.29, 0.717) is 12.1 Å². The van der Waals surface area contributed by atoms with Crippen LogP contribution in [0.15, 0.2) is 60.7 Å². The first kappa shape index (κ1) is 26.0. The molecule has 1 unspecified atom stereocenters. The highest BCUT2D eigenvalue weighted by molar-refractivity contribution is 5.96. The number of aromatic nitrogens is 1. The predicted molar refractivity (Wildman–Crippen MR) is 153 cm³/mol. The standard InChI is InChI=1S/C32H37N3O3/c1-20(2)38-30-12-10-23(22-9-11-25(21(3)15-22)31(37)33-4)16-24(30)18-34-32(19-36)14-13-29-27(17-32)26-7-5-6-8-28(26)35-29/h5-12,15-16,20,34-36H,13-14,17-19H2,1-4H3,(H,33,37). The maximum atomic E-state index is 12.2. The van der Waals surface area contributed by atoms with Crippen molar-refractivity contribution in [2.24, 2.45) is 0 Å². The zero-order valence-corrected chi connectivity index (χ0v) is 22.7. The fourth-order valence-corrected chi connectivity index (χ4v) is 5.59. The summed E-state index contributed by atoms with van der Waals surface area (Å²) in [5.74, 6) is 0.756. The van der Waals surface area contributed by atoms with Gasteiger partial charge in [-0.1, -0.05) is 36.4 Å². The van der Waals surface area contributed by atoms with Crippen molar-refractivity contribution in [3.05, 3.63) is 88.6 Å². The Morgan fingerprint density at radius 3 is 2.61 bits per heavy atom. The van der Waals surface area contributed by atoms with Crippen LogP contribution in [-0.4, -0.2) is 41.3 Å². The molecule has 5 rings (SSSR count). The topological polar surface area (TPSA) is 86.4 Å². The Kier molecular flexibility index (Phi) is 7.28. The molecule has 0 spiro atoms. The number of carbonyl (C=O) groups is 1. The molecule has 0 saturated heterocycles. The largest absolute Gasteiger partial charge is 0.491 e. The third kappa shape index (κ3) is 5.06. The number of hydrogen-bond acceptors (Lipinski definition) is 4. The molecule has 1 aromatic heterocycles. The first-order chi connectivity index (χ1) is 18.3. The highest BCUT2D eigenvalue weighted by atomic mass is 16.5. The summed E-state index contributed by atoms with van der Waals surface area (Å²) in [6.07, 6.45) is 2.56. The van der Waals surface area contributed by atoms with E-state index in [0.717, 1.165) is 52.8 Å². The Morgan fingerprint density at radius 2 is 1.87 bits per heavy atom. The minimum absolute atomic E-state index is 0.0453. The minimum atomic E-state index is -0.408. The lowest BCUT2D eigenvalue weighted by molar-refractivity contribution is 0.0962. The van der Waals surface area contributed by atoms with Crippen LogP contribution in [0.4, 0.5) is 0 Å². The fraction of sp³-hybridized carbons (Fsp3) is 0.344. The molecule has 38 heavy (non-hydrogen) atoms. The maximum absolute atomic E-state index is 12.2. The number of aromatic amines is 1. The second-order valence-corrected chi connectivity index (χ2v) is 10.7. The molecule has 0 saturated carbocycles. The summed E-state index contributed by atoms with van der Waals surface area (Å²) < 4.78 is 6.17. The number of H-pyrrole nitrogens is 1. The molecule has 4 N–H and O–H groups in total. The molecular formula is C32H37N3O3. The number of fused-ring (bicyclic) bond motifs is 3. The summed E-state index contributed by atoms with van der Waals surface area (Å²) in [5.41, 5.74) is 8.08. The van der Waals surface area contributed by atoms with Crippen molar-refractivity contribution in [2.75, 3.05) is 13.7 Å². The van der Waals surface area contributed by atoms with Gasteiger partial charge in [0.25, 0.3) is 5.91 Å². The van der Waals surface area contributed by atoms with Crippen LogP contribution < -0.4 is 15.4 Å². The van der Waals surface area contributed by atoms with Gasteiger partial charge in [0.1, 0.15) is 5.75 Å². The molecule has 1 heterocycles. The molecule has 1 atom stereocenters. The Bertz CT molecular complexity index is 1470. The third-order valence-electron chi connectivity index (χ3n) is 7.68. The van der Waals surface area contributed by atoms with Crippen molar-refractivity contribution in [3.63, 3.8) is 0 Å². The first-order valence-electron chi connectivity index (χ1n) is 13.4. The Hall–Kier alpha value is -3.61. The van der Waals surface area contributed by atoms with Crippen molar-refractivity contribution in [1.82, 2.24) is 15.6 Å². The van der Waals surface area contributed by atoms with Gasteiger partial charge in [0.2, 0.25) is 0 Å². The highest BCUT2D eigenvalue weighted by Crippen LogP contribution is 2.35. The van der Waals surface area contributed by atoms with Crippen LogP contribution in [0.25, 0.3) is 22.0 Å². The molecule has 198 valence electrons. The van der Waals surface area contributed by atoms with Crippen LogP contribution in [0.1, 0.15) is 53.0 Å². The summed E-state index contributed by atoms with van der Waals surface area (Å²) in [6.45, 7) is 6.65. The van der Waals surface area contributed by atoms with E-state index in [-0.39, 0.29) is 18.6 Å². The van der Waals surface area contributed by atoms with Gasteiger partial charge < -0.3 is 25.5 Å². The number of aliphatic hydroxyl groups excluding tert-OH is 1. The summed E-state index contributed by atoms with van der Waals surface area (Å²) in [6, 6.07) is 20.6. The van der Waals surface area contributed by atoms with Gasteiger partial charge in [-0.3, -0.25) is 4.79 Å². The molecule has 6 nitrogen and oxygen atoms in total. The van der Waals surface area contributed by atoms with Crippen LogP contribution >= 0.6 is 0 Å². The van der Waals surface area contributed by atoms with Gasteiger partial charge in [-0.2, -0.15) is 0 Å². The van der Waals surface area contributed by atoms with Crippen molar-refractivity contribution < 1.29 is 14.6 Å². The van der Waals surface area contributed by atoms with Gasteiger partial charge >= 0.3 is 0 Å². The Labute approximate surface area is 224 Å². The molecular weight excluding hydrogens is 474 g/mol. The number of amides is 1. The Morgan fingerprint density at radius 1 is 1.11 bits per heavy atom. The second kappa shape index (κ2) is 10.6. The second-order valence-electron chi connectivity index (χ2n) is 10.7. The average molecular weight is 512 g/mol. The van der Waals surface area contributed by atoms with Crippen molar-refractivity contribution in [2.45, 2.75) is 58.2 Å². The van der Waals surface area contributed by atoms with E-state index in [1.54, 1.807) is 7.05 Å². The molecule has 0 bridgehead atoms. The number of nitrogens with one attached hydrogen (secondary N) is 3. The van der Waals surface area contributed by atoms with Crippen LogP contribution in [0.3, 0.4) is 0 Å². The van der Waals surface area contributed by atoms with Gasteiger partial charge in [-0.15, -0.1) is 0 Å². The molecule has 4 aromatic rings. The molecule has 3 aromatic carbocycles. The van der Waals surface area contributed by atoms with Gasteiger partial charge in [0.15, 0.2) is 0 Å². The van der Waals surface area contributed by atoms with Gasteiger partial charge in [-0.25, -0.2) is 0 Å². The molecule has 0 aliphatic heterocycles. The highest BCUT2D eigenvalue weighted by Gasteiger charge is 2.35. The van der Waals surface area contributed by atoms with Crippen LogP contribution in [0.5, 0.6) is 5.75 Å². The summed E-state index contributed by atoms with van der Waals surface area (Å²) in [4.78, 5) is 15.7. The monoisotopic (exact) mass is 511 g/mol. The summed E-state index contributed by atoms with van der Waals surface area (Å²) >= 11 is 0. The van der Waals surface area contributed by atoms with E-state index in [4.69, 9.17) is 4.74 Å². The number of aliphatic hydroxyl groups is 1. The molecule has 1 amide bonds. The van der Waals surface area contributed by atoms with Crippen LogP contribution in [0.2, 0.25) is 0 Å². The first-order valence-corrected chi connectivity index (χ1v) is 13.4. The third-order valence-corrected chi connectivity index (χ3v) is 7.68. The number of para-hydroxylation sites is 1. The average Bonchev–Trinajstić information content (AvgIpc) is 3.29. The summed E-state index contributed by atoms with van der Waals surface area (Å²) in [7, 11) is 1.65.